The fraction of sp³-hybridized carbons (Fsp3) is 0.333. The Hall–Kier alpha value is -1.56. The summed E-state index contributed by atoms with van der Waals surface area (Å²) in [5.41, 5.74) is 0.700. The number of fused-ring (bicyclic) bond motifs is 2. The van der Waals surface area contributed by atoms with Crippen LogP contribution in [0.4, 0.5) is 0 Å². The average Bonchev–Trinajstić information content (AvgIpc) is 3.20. The van der Waals surface area contributed by atoms with Gasteiger partial charge >= 0.3 is 0 Å². The summed E-state index contributed by atoms with van der Waals surface area (Å²) in [4.78, 5) is 17.7. The maximum atomic E-state index is 12.4. The zero-order valence-corrected chi connectivity index (χ0v) is 14.6. The molecule has 24 heavy (non-hydrogen) atoms. The lowest BCUT2D eigenvalue weighted by molar-refractivity contribution is 0.0931. The van der Waals surface area contributed by atoms with Crippen molar-refractivity contribution in [3.63, 3.8) is 0 Å². The van der Waals surface area contributed by atoms with Gasteiger partial charge in [-0.3, -0.25) is 4.79 Å². The van der Waals surface area contributed by atoms with Gasteiger partial charge in [-0.2, -0.15) is 0 Å². The van der Waals surface area contributed by atoms with Crippen molar-refractivity contribution in [1.29, 1.82) is 0 Å². The van der Waals surface area contributed by atoms with Crippen molar-refractivity contribution in [2.24, 2.45) is 0 Å². The van der Waals surface area contributed by atoms with Gasteiger partial charge in [-0.1, -0.05) is 23.4 Å². The molecule has 2 aliphatic heterocycles. The summed E-state index contributed by atoms with van der Waals surface area (Å²) < 4.78 is 0. The van der Waals surface area contributed by atoms with Crippen LogP contribution in [0.3, 0.4) is 0 Å². The lowest BCUT2D eigenvalue weighted by Gasteiger charge is -2.21. The number of carbonyl (C=O) groups excluding carboxylic acids is 1. The van der Waals surface area contributed by atoms with E-state index in [0.717, 1.165) is 16.3 Å². The largest absolute Gasteiger partial charge is 0.348 e. The summed E-state index contributed by atoms with van der Waals surface area (Å²) in [6.07, 6.45) is 5.09. The van der Waals surface area contributed by atoms with E-state index in [-0.39, 0.29) is 11.9 Å². The summed E-state index contributed by atoms with van der Waals surface area (Å²) in [6.45, 7) is 0. The van der Waals surface area contributed by atoms with Gasteiger partial charge in [0.15, 0.2) is 0 Å². The van der Waals surface area contributed by atoms with E-state index in [4.69, 9.17) is 11.6 Å². The Morgan fingerprint density at radius 1 is 1.21 bits per heavy atom. The summed E-state index contributed by atoms with van der Waals surface area (Å²) in [5, 5.41) is 8.21. The van der Waals surface area contributed by atoms with Crippen LogP contribution in [0.2, 0.25) is 5.02 Å². The van der Waals surface area contributed by atoms with E-state index in [9.17, 15) is 4.79 Å². The molecule has 0 saturated carbocycles. The number of aromatic nitrogens is 1. The molecule has 2 bridgehead atoms. The van der Waals surface area contributed by atoms with Crippen LogP contribution in [-0.4, -0.2) is 29.0 Å². The van der Waals surface area contributed by atoms with Gasteiger partial charge in [-0.25, -0.2) is 4.98 Å². The van der Waals surface area contributed by atoms with Crippen LogP contribution < -0.4 is 10.6 Å². The Morgan fingerprint density at radius 2 is 2.04 bits per heavy atom. The summed E-state index contributed by atoms with van der Waals surface area (Å²) in [6, 6.07) is 12.7. The molecule has 2 aliphatic rings. The van der Waals surface area contributed by atoms with E-state index < -0.39 is 0 Å². The third-order valence-corrected chi connectivity index (χ3v) is 5.84. The van der Waals surface area contributed by atoms with Crippen molar-refractivity contribution in [3.05, 3.63) is 53.2 Å². The molecule has 0 spiro atoms. The lowest BCUT2D eigenvalue weighted by Crippen LogP contribution is -2.42. The molecule has 3 atom stereocenters. The zero-order valence-electron chi connectivity index (χ0n) is 13.0. The Morgan fingerprint density at radius 3 is 2.67 bits per heavy atom. The first kappa shape index (κ1) is 15.9. The fourth-order valence-corrected chi connectivity index (χ4v) is 4.32. The molecule has 2 aromatic rings. The smallest absolute Gasteiger partial charge is 0.251 e. The minimum atomic E-state index is 0.00974. The van der Waals surface area contributed by atoms with Crippen LogP contribution in [0.5, 0.6) is 0 Å². The Balaban J connectivity index is 1.38. The Bertz CT molecular complexity index is 735. The number of halogens is 1. The number of nitrogens with one attached hydrogen (secondary N) is 2. The molecule has 2 fully saturated rings. The minimum Gasteiger partial charge on any atom is -0.348 e. The molecule has 2 N–H and O–H groups in total. The van der Waals surface area contributed by atoms with Crippen molar-refractivity contribution in [2.75, 3.05) is 0 Å². The van der Waals surface area contributed by atoms with Gasteiger partial charge in [-0.15, -0.1) is 0 Å². The van der Waals surface area contributed by atoms with E-state index in [0.29, 0.717) is 22.7 Å². The van der Waals surface area contributed by atoms with Gasteiger partial charge in [0.1, 0.15) is 5.03 Å². The van der Waals surface area contributed by atoms with E-state index in [2.05, 4.69) is 15.6 Å². The predicted molar refractivity (Wildman–Crippen MR) is 95.6 cm³/mol. The highest BCUT2D eigenvalue weighted by Gasteiger charge is 2.39. The van der Waals surface area contributed by atoms with Crippen molar-refractivity contribution < 1.29 is 4.79 Å². The van der Waals surface area contributed by atoms with Gasteiger partial charge in [0.2, 0.25) is 0 Å². The number of carbonyl (C=O) groups is 1. The molecule has 124 valence electrons. The molecule has 4 nitrogen and oxygen atoms in total. The van der Waals surface area contributed by atoms with Gasteiger partial charge in [0.25, 0.3) is 5.91 Å². The molecule has 1 aromatic heterocycles. The molecule has 0 radical (unpaired) electrons. The maximum Gasteiger partial charge on any atom is 0.251 e. The zero-order chi connectivity index (χ0) is 16.5. The highest BCUT2D eigenvalue weighted by Crippen LogP contribution is 2.29. The van der Waals surface area contributed by atoms with E-state index in [1.54, 1.807) is 18.0 Å². The van der Waals surface area contributed by atoms with E-state index >= 15 is 0 Å². The second kappa shape index (κ2) is 6.75. The van der Waals surface area contributed by atoms with Gasteiger partial charge in [0.05, 0.1) is 5.02 Å². The first-order chi connectivity index (χ1) is 11.7. The van der Waals surface area contributed by atoms with Gasteiger partial charge in [0, 0.05) is 34.8 Å². The molecule has 1 amide bonds. The minimum absolute atomic E-state index is 0.00974. The van der Waals surface area contributed by atoms with E-state index in [1.165, 1.54) is 12.8 Å². The highest BCUT2D eigenvalue weighted by atomic mass is 35.5. The normalized spacial score (nSPS) is 25.0. The molecular weight excluding hydrogens is 342 g/mol. The average molecular weight is 360 g/mol. The monoisotopic (exact) mass is 359 g/mol. The highest BCUT2D eigenvalue weighted by molar-refractivity contribution is 7.99. The molecular formula is C18H18ClN3OS. The third kappa shape index (κ3) is 3.43. The summed E-state index contributed by atoms with van der Waals surface area (Å²) >= 11 is 7.39. The van der Waals surface area contributed by atoms with Crippen LogP contribution >= 0.6 is 23.4 Å². The second-order valence-electron chi connectivity index (χ2n) is 6.30. The quantitative estimate of drug-likeness (QED) is 0.877. The summed E-state index contributed by atoms with van der Waals surface area (Å²) in [7, 11) is 0. The topological polar surface area (TPSA) is 54.0 Å². The Kier molecular flexibility index (Phi) is 4.48. The van der Waals surface area contributed by atoms with Crippen LogP contribution in [0.1, 0.15) is 29.6 Å². The molecule has 4 rings (SSSR count). The standard InChI is InChI=1S/C18H18ClN3OS/c19-12-3-8-17(20-10-12)24-14-5-1-11(2-6-14)18(23)22-16-9-13-4-7-15(16)21-13/h1-3,5-6,8,10,13,15-16,21H,4,7,9H2,(H,22,23). The van der Waals surface area contributed by atoms with Crippen molar-refractivity contribution in [3.8, 4) is 0 Å². The van der Waals surface area contributed by atoms with Crippen molar-refractivity contribution in [1.82, 2.24) is 15.6 Å². The maximum absolute atomic E-state index is 12.4. The molecule has 3 heterocycles. The van der Waals surface area contributed by atoms with Gasteiger partial charge < -0.3 is 10.6 Å². The number of pyridine rings is 1. The van der Waals surface area contributed by atoms with E-state index in [1.807, 2.05) is 36.4 Å². The number of hydrogen-bond acceptors (Lipinski definition) is 4. The number of hydrogen-bond donors (Lipinski definition) is 2. The number of rotatable bonds is 4. The van der Waals surface area contributed by atoms with Gasteiger partial charge in [-0.05, 0) is 55.7 Å². The first-order valence-corrected chi connectivity index (χ1v) is 9.33. The number of benzene rings is 1. The second-order valence-corrected chi connectivity index (χ2v) is 7.83. The molecule has 3 unspecified atom stereocenters. The first-order valence-electron chi connectivity index (χ1n) is 8.14. The van der Waals surface area contributed by atoms with Crippen LogP contribution in [0.15, 0.2) is 52.5 Å². The van der Waals surface area contributed by atoms with Crippen LogP contribution in [0, 0.1) is 0 Å². The van der Waals surface area contributed by atoms with Crippen molar-refractivity contribution >= 4 is 29.3 Å². The SMILES string of the molecule is O=C(NC1CC2CCC1N2)c1ccc(Sc2ccc(Cl)cn2)cc1. The number of amides is 1. The third-order valence-electron chi connectivity index (χ3n) is 4.66. The molecule has 1 aromatic carbocycles. The van der Waals surface area contributed by atoms with Crippen LogP contribution in [0.25, 0.3) is 0 Å². The Labute approximate surface area is 150 Å². The molecule has 6 heteroatoms. The molecule has 2 saturated heterocycles. The van der Waals surface area contributed by atoms with Crippen molar-refractivity contribution in [2.45, 2.75) is 47.3 Å². The summed E-state index contributed by atoms with van der Waals surface area (Å²) in [5.74, 6) is 0.00974. The molecule has 0 aliphatic carbocycles. The lowest BCUT2D eigenvalue weighted by atomic mass is 9.95. The van der Waals surface area contributed by atoms with Crippen LogP contribution in [-0.2, 0) is 0 Å². The fourth-order valence-electron chi connectivity index (χ4n) is 3.45. The predicted octanol–water partition coefficient (Wildman–Crippen LogP) is 3.51. The number of nitrogens with zero attached hydrogens (tertiary/aromatic N) is 1.